The Kier molecular flexibility index (Phi) is 3.96. The molecule has 1 aromatic carbocycles. The molecule has 0 saturated carbocycles. The number of nitrogens with zero attached hydrogens (tertiary/aromatic N) is 1. The third-order valence-electron chi connectivity index (χ3n) is 4.86. The summed E-state index contributed by atoms with van der Waals surface area (Å²) in [4.78, 5) is 18.2. The lowest BCUT2D eigenvalue weighted by Gasteiger charge is -2.20. The van der Waals surface area contributed by atoms with Crippen molar-refractivity contribution in [3.63, 3.8) is 0 Å². The second-order valence-corrected chi connectivity index (χ2v) is 7.50. The van der Waals surface area contributed by atoms with Crippen molar-refractivity contribution in [2.45, 2.75) is 32.6 Å². The van der Waals surface area contributed by atoms with E-state index in [9.17, 15) is 4.79 Å². The maximum absolute atomic E-state index is 12.1. The van der Waals surface area contributed by atoms with Gasteiger partial charge in [-0.2, -0.15) is 0 Å². The number of carbonyl (C=O) groups is 1. The lowest BCUT2D eigenvalue weighted by Crippen LogP contribution is -2.08. The highest BCUT2D eigenvalue weighted by Crippen LogP contribution is 2.43. The van der Waals surface area contributed by atoms with Gasteiger partial charge in [0.2, 0.25) is 0 Å². The zero-order valence-corrected chi connectivity index (χ0v) is 15.2. The van der Waals surface area contributed by atoms with Gasteiger partial charge in [-0.1, -0.05) is 29.8 Å². The van der Waals surface area contributed by atoms with Crippen LogP contribution in [0.5, 0.6) is 0 Å². The molecule has 0 unspecified atom stereocenters. The minimum atomic E-state index is -0.395. The van der Waals surface area contributed by atoms with Gasteiger partial charge in [0.15, 0.2) is 0 Å². The van der Waals surface area contributed by atoms with Gasteiger partial charge in [-0.25, -0.2) is 9.78 Å². The second kappa shape index (κ2) is 6.15. The molecule has 2 heterocycles. The molecular weight excluding hydrogens is 332 g/mol. The number of nitrogen functional groups attached to an aromatic ring is 1. The van der Waals surface area contributed by atoms with Gasteiger partial charge in [-0.15, -0.1) is 11.3 Å². The van der Waals surface area contributed by atoms with Crippen LogP contribution in [0.15, 0.2) is 24.3 Å². The number of hydrogen-bond donors (Lipinski definition) is 1. The van der Waals surface area contributed by atoms with Crippen LogP contribution in [0, 0.1) is 6.92 Å². The number of methoxy groups -OCH3 is 1. The van der Waals surface area contributed by atoms with E-state index in [1.165, 1.54) is 29.6 Å². The number of pyridine rings is 1. The Bertz CT molecular complexity index is 974. The maximum Gasteiger partial charge on any atom is 0.350 e. The van der Waals surface area contributed by atoms with Gasteiger partial charge in [0.05, 0.1) is 12.8 Å². The first-order valence-electron chi connectivity index (χ1n) is 8.49. The molecule has 0 spiro atoms. The van der Waals surface area contributed by atoms with E-state index in [4.69, 9.17) is 15.5 Å². The monoisotopic (exact) mass is 352 g/mol. The molecule has 2 aromatic heterocycles. The average Bonchev–Trinajstić information content (AvgIpc) is 2.96. The molecule has 0 aliphatic heterocycles. The molecule has 0 amide bonds. The molecule has 1 aliphatic rings. The van der Waals surface area contributed by atoms with Crippen molar-refractivity contribution in [3.8, 4) is 11.1 Å². The van der Waals surface area contributed by atoms with Crippen LogP contribution in [0.1, 0.15) is 39.3 Å². The SMILES string of the molecule is COC(=O)c1sc2nc3c(c(-c4ccc(C)cc4)c2c1N)CCCC3. The van der Waals surface area contributed by atoms with Gasteiger partial charge in [0.1, 0.15) is 9.71 Å². The van der Waals surface area contributed by atoms with Crippen molar-refractivity contribution >= 4 is 33.2 Å². The number of nitrogens with two attached hydrogens (primary N) is 1. The molecule has 4 nitrogen and oxygen atoms in total. The zero-order valence-electron chi connectivity index (χ0n) is 14.4. The summed E-state index contributed by atoms with van der Waals surface area (Å²) in [5.74, 6) is -0.395. The predicted molar refractivity (Wildman–Crippen MR) is 102 cm³/mol. The van der Waals surface area contributed by atoms with Crippen molar-refractivity contribution in [1.82, 2.24) is 4.98 Å². The maximum atomic E-state index is 12.1. The quantitative estimate of drug-likeness (QED) is 0.689. The molecular formula is C20H20N2O2S. The highest BCUT2D eigenvalue weighted by molar-refractivity contribution is 7.21. The summed E-state index contributed by atoms with van der Waals surface area (Å²) < 4.78 is 4.90. The number of aromatic nitrogens is 1. The summed E-state index contributed by atoms with van der Waals surface area (Å²) in [6.07, 6.45) is 4.30. The minimum Gasteiger partial charge on any atom is -0.465 e. The molecule has 0 radical (unpaired) electrons. The van der Waals surface area contributed by atoms with Crippen LogP contribution < -0.4 is 5.73 Å². The molecule has 4 rings (SSSR count). The smallest absolute Gasteiger partial charge is 0.350 e. The van der Waals surface area contributed by atoms with E-state index < -0.39 is 5.97 Å². The van der Waals surface area contributed by atoms with Gasteiger partial charge < -0.3 is 10.5 Å². The standard InChI is InChI=1S/C20H20N2O2S/c1-11-7-9-12(10-8-11)15-13-5-3-4-6-14(13)22-19-16(15)17(21)18(25-19)20(23)24-2/h7-10H,3-6,21H2,1-2H3. The number of aryl methyl sites for hydroxylation is 2. The summed E-state index contributed by atoms with van der Waals surface area (Å²) in [7, 11) is 1.38. The molecule has 1 aliphatic carbocycles. The van der Waals surface area contributed by atoms with Crippen LogP contribution >= 0.6 is 11.3 Å². The van der Waals surface area contributed by atoms with Crippen molar-refractivity contribution in [1.29, 1.82) is 0 Å². The second-order valence-electron chi connectivity index (χ2n) is 6.50. The van der Waals surface area contributed by atoms with Gasteiger partial charge in [-0.3, -0.25) is 0 Å². The molecule has 0 atom stereocenters. The van der Waals surface area contributed by atoms with Gasteiger partial charge >= 0.3 is 5.97 Å². The Morgan fingerprint density at radius 3 is 2.64 bits per heavy atom. The van der Waals surface area contributed by atoms with Crippen LogP contribution in [-0.4, -0.2) is 18.1 Å². The fourth-order valence-corrected chi connectivity index (χ4v) is 4.63. The molecule has 2 N–H and O–H groups in total. The minimum absolute atomic E-state index is 0.395. The number of ether oxygens (including phenoxy) is 1. The van der Waals surface area contributed by atoms with E-state index in [0.29, 0.717) is 10.6 Å². The largest absolute Gasteiger partial charge is 0.465 e. The Morgan fingerprint density at radius 2 is 1.92 bits per heavy atom. The normalized spacial score (nSPS) is 13.7. The zero-order chi connectivity index (χ0) is 17.6. The Hall–Kier alpha value is -2.40. The highest BCUT2D eigenvalue weighted by Gasteiger charge is 2.25. The summed E-state index contributed by atoms with van der Waals surface area (Å²) >= 11 is 1.33. The molecule has 0 saturated heterocycles. The molecule has 128 valence electrons. The van der Waals surface area contributed by atoms with Crippen molar-refractivity contribution < 1.29 is 9.53 Å². The first-order valence-corrected chi connectivity index (χ1v) is 9.31. The fourth-order valence-electron chi connectivity index (χ4n) is 3.59. The molecule has 0 fully saturated rings. The van der Waals surface area contributed by atoms with E-state index in [1.54, 1.807) is 0 Å². The highest BCUT2D eigenvalue weighted by atomic mass is 32.1. The molecule has 0 bridgehead atoms. The lowest BCUT2D eigenvalue weighted by atomic mass is 9.87. The number of rotatable bonds is 2. The summed E-state index contributed by atoms with van der Waals surface area (Å²) in [6, 6.07) is 8.49. The fraction of sp³-hybridized carbons (Fsp3) is 0.300. The van der Waals surface area contributed by atoms with E-state index in [0.717, 1.165) is 52.7 Å². The van der Waals surface area contributed by atoms with Gasteiger partial charge in [0, 0.05) is 11.1 Å². The van der Waals surface area contributed by atoms with Crippen LogP contribution in [-0.2, 0) is 17.6 Å². The van der Waals surface area contributed by atoms with Crippen LogP contribution in [0.2, 0.25) is 0 Å². The summed E-state index contributed by atoms with van der Waals surface area (Å²) in [5, 5.41) is 0.898. The summed E-state index contributed by atoms with van der Waals surface area (Å²) in [5.41, 5.74) is 12.8. The Balaban J connectivity index is 2.08. The topological polar surface area (TPSA) is 65.2 Å². The van der Waals surface area contributed by atoms with Gasteiger partial charge in [-0.05, 0) is 49.3 Å². The molecule has 5 heteroatoms. The van der Waals surface area contributed by atoms with Crippen LogP contribution in [0.3, 0.4) is 0 Å². The number of benzene rings is 1. The van der Waals surface area contributed by atoms with Crippen molar-refractivity contribution in [3.05, 3.63) is 46.0 Å². The van der Waals surface area contributed by atoms with Gasteiger partial charge in [0.25, 0.3) is 0 Å². The Morgan fingerprint density at radius 1 is 1.20 bits per heavy atom. The van der Waals surface area contributed by atoms with Crippen LogP contribution in [0.25, 0.3) is 21.3 Å². The lowest BCUT2D eigenvalue weighted by molar-refractivity contribution is 0.0607. The number of anilines is 1. The molecule has 3 aromatic rings. The Labute approximate surface area is 150 Å². The number of thiophene rings is 1. The average molecular weight is 352 g/mol. The number of hydrogen-bond acceptors (Lipinski definition) is 5. The van der Waals surface area contributed by atoms with E-state index >= 15 is 0 Å². The van der Waals surface area contributed by atoms with Crippen LogP contribution in [0.4, 0.5) is 5.69 Å². The predicted octanol–water partition coefficient (Wildman–Crippen LogP) is 4.52. The van der Waals surface area contributed by atoms with E-state index in [2.05, 4.69) is 31.2 Å². The third-order valence-corrected chi connectivity index (χ3v) is 5.94. The first-order chi connectivity index (χ1) is 12.1. The number of fused-ring (bicyclic) bond motifs is 2. The van der Waals surface area contributed by atoms with Crippen molar-refractivity contribution in [2.24, 2.45) is 0 Å². The van der Waals surface area contributed by atoms with E-state index in [-0.39, 0.29) is 0 Å². The third kappa shape index (κ3) is 2.59. The molecule has 25 heavy (non-hydrogen) atoms. The summed E-state index contributed by atoms with van der Waals surface area (Å²) in [6.45, 7) is 2.08. The van der Waals surface area contributed by atoms with Crippen molar-refractivity contribution in [2.75, 3.05) is 12.8 Å². The first kappa shape index (κ1) is 16.1. The number of esters is 1. The van der Waals surface area contributed by atoms with E-state index in [1.807, 2.05) is 0 Å². The number of carbonyl (C=O) groups excluding carboxylic acids is 1.